The van der Waals surface area contributed by atoms with Gasteiger partial charge in [0.25, 0.3) is 0 Å². The molecule has 96 valence electrons. The van der Waals surface area contributed by atoms with E-state index in [1.54, 1.807) is 14.2 Å². The first-order valence-corrected chi connectivity index (χ1v) is 5.78. The van der Waals surface area contributed by atoms with Crippen molar-refractivity contribution in [2.24, 2.45) is 5.73 Å². The van der Waals surface area contributed by atoms with Gasteiger partial charge in [-0.15, -0.1) is 0 Å². The molecular formula is C13H21NO3. The third-order valence-electron chi connectivity index (χ3n) is 2.71. The third kappa shape index (κ3) is 4.24. The Morgan fingerprint density at radius 3 is 2.65 bits per heavy atom. The SMILES string of the molecule is COc1ccc(CC(N)CCCO)c(OC)c1. The quantitative estimate of drug-likeness (QED) is 0.753. The van der Waals surface area contributed by atoms with Crippen molar-refractivity contribution < 1.29 is 14.6 Å². The van der Waals surface area contributed by atoms with Crippen LogP contribution >= 0.6 is 0 Å². The maximum absolute atomic E-state index is 8.75. The lowest BCUT2D eigenvalue weighted by atomic mass is 10.0. The summed E-state index contributed by atoms with van der Waals surface area (Å²) in [5, 5.41) is 8.75. The highest BCUT2D eigenvalue weighted by Crippen LogP contribution is 2.25. The van der Waals surface area contributed by atoms with Crippen molar-refractivity contribution in [2.45, 2.75) is 25.3 Å². The Hall–Kier alpha value is -1.26. The molecule has 4 heteroatoms. The summed E-state index contributed by atoms with van der Waals surface area (Å²) in [6.07, 6.45) is 2.29. The van der Waals surface area contributed by atoms with Gasteiger partial charge in [-0.1, -0.05) is 6.07 Å². The molecule has 1 atom stereocenters. The molecule has 0 aliphatic rings. The summed E-state index contributed by atoms with van der Waals surface area (Å²) >= 11 is 0. The van der Waals surface area contributed by atoms with Crippen molar-refractivity contribution in [1.29, 1.82) is 0 Å². The van der Waals surface area contributed by atoms with Gasteiger partial charge in [0.2, 0.25) is 0 Å². The van der Waals surface area contributed by atoms with E-state index in [2.05, 4.69) is 0 Å². The Labute approximate surface area is 102 Å². The van der Waals surface area contributed by atoms with Gasteiger partial charge in [0, 0.05) is 18.7 Å². The maximum atomic E-state index is 8.75. The Morgan fingerprint density at radius 1 is 1.29 bits per heavy atom. The molecule has 17 heavy (non-hydrogen) atoms. The molecule has 1 unspecified atom stereocenters. The largest absolute Gasteiger partial charge is 0.497 e. The lowest BCUT2D eigenvalue weighted by Gasteiger charge is -2.14. The van der Waals surface area contributed by atoms with Gasteiger partial charge in [-0.2, -0.15) is 0 Å². The number of nitrogens with two attached hydrogens (primary N) is 1. The van der Waals surface area contributed by atoms with Gasteiger partial charge in [-0.3, -0.25) is 0 Å². The first kappa shape index (κ1) is 13.8. The number of methoxy groups -OCH3 is 2. The predicted octanol–water partition coefficient (Wildman–Crippen LogP) is 1.35. The molecule has 4 nitrogen and oxygen atoms in total. The Kier molecular flexibility index (Phi) is 5.80. The molecule has 0 fully saturated rings. The van der Waals surface area contributed by atoms with Crippen molar-refractivity contribution in [3.05, 3.63) is 23.8 Å². The topological polar surface area (TPSA) is 64.7 Å². The molecule has 1 aromatic rings. The minimum absolute atomic E-state index is 0.0458. The van der Waals surface area contributed by atoms with Gasteiger partial charge in [-0.25, -0.2) is 0 Å². The third-order valence-corrected chi connectivity index (χ3v) is 2.71. The lowest BCUT2D eigenvalue weighted by Crippen LogP contribution is -2.23. The first-order chi connectivity index (χ1) is 8.21. The zero-order valence-electron chi connectivity index (χ0n) is 10.5. The second kappa shape index (κ2) is 7.14. The number of aliphatic hydroxyl groups is 1. The van der Waals surface area contributed by atoms with E-state index in [1.807, 2.05) is 18.2 Å². The minimum atomic E-state index is 0.0458. The van der Waals surface area contributed by atoms with Crippen molar-refractivity contribution >= 4 is 0 Å². The highest BCUT2D eigenvalue weighted by Gasteiger charge is 2.09. The summed E-state index contributed by atoms with van der Waals surface area (Å²) in [5.41, 5.74) is 7.06. The average molecular weight is 239 g/mol. The minimum Gasteiger partial charge on any atom is -0.497 e. The normalized spacial score (nSPS) is 12.2. The molecule has 3 N–H and O–H groups in total. The molecule has 0 amide bonds. The number of benzene rings is 1. The zero-order chi connectivity index (χ0) is 12.7. The molecule has 0 aliphatic heterocycles. The number of hydrogen-bond donors (Lipinski definition) is 2. The molecule has 1 rings (SSSR count). The average Bonchev–Trinajstić information content (AvgIpc) is 2.36. The second-order valence-corrected chi connectivity index (χ2v) is 4.01. The summed E-state index contributed by atoms with van der Waals surface area (Å²) in [6.45, 7) is 0.188. The first-order valence-electron chi connectivity index (χ1n) is 5.78. The summed E-state index contributed by atoms with van der Waals surface area (Å²) < 4.78 is 10.4. The zero-order valence-corrected chi connectivity index (χ0v) is 10.5. The molecule has 0 heterocycles. The van der Waals surface area contributed by atoms with Crippen LogP contribution in [0.4, 0.5) is 0 Å². The van der Waals surface area contributed by atoms with Crippen molar-refractivity contribution in [1.82, 2.24) is 0 Å². The van der Waals surface area contributed by atoms with Gasteiger partial charge in [0.1, 0.15) is 11.5 Å². The molecular weight excluding hydrogens is 218 g/mol. The highest BCUT2D eigenvalue weighted by atomic mass is 16.5. The van der Waals surface area contributed by atoms with Crippen LogP contribution in [0.15, 0.2) is 18.2 Å². The number of ether oxygens (including phenoxy) is 2. The van der Waals surface area contributed by atoms with Crippen LogP contribution in [0.2, 0.25) is 0 Å². The fraction of sp³-hybridized carbons (Fsp3) is 0.538. The standard InChI is InChI=1S/C13H21NO3/c1-16-12-6-5-10(13(9-12)17-2)8-11(14)4-3-7-15/h5-6,9,11,15H,3-4,7-8,14H2,1-2H3. The van der Waals surface area contributed by atoms with Crippen LogP contribution in [-0.2, 0) is 6.42 Å². The van der Waals surface area contributed by atoms with Gasteiger partial charge >= 0.3 is 0 Å². The van der Waals surface area contributed by atoms with E-state index in [0.29, 0.717) is 0 Å². The maximum Gasteiger partial charge on any atom is 0.125 e. The summed E-state index contributed by atoms with van der Waals surface area (Å²) in [5.74, 6) is 1.57. The van der Waals surface area contributed by atoms with Crippen LogP contribution in [0.25, 0.3) is 0 Å². The summed E-state index contributed by atoms with van der Waals surface area (Å²) in [6, 6.07) is 5.77. The van der Waals surface area contributed by atoms with Crippen LogP contribution in [0, 0.1) is 0 Å². The number of hydrogen-bond acceptors (Lipinski definition) is 4. The molecule has 0 aliphatic carbocycles. The van der Waals surface area contributed by atoms with Gasteiger partial charge in [-0.05, 0) is 30.9 Å². The molecule has 0 saturated carbocycles. The Bertz CT molecular complexity index is 341. The van der Waals surface area contributed by atoms with E-state index in [0.717, 1.165) is 36.3 Å². The number of rotatable bonds is 7. The van der Waals surface area contributed by atoms with E-state index in [9.17, 15) is 0 Å². The van der Waals surface area contributed by atoms with Crippen molar-refractivity contribution in [2.75, 3.05) is 20.8 Å². The second-order valence-electron chi connectivity index (χ2n) is 4.01. The van der Waals surface area contributed by atoms with Crippen molar-refractivity contribution in [3.8, 4) is 11.5 Å². The van der Waals surface area contributed by atoms with Crippen LogP contribution < -0.4 is 15.2 Å². The fourth-order valence-electron chi connectivity index (χ4n) is 1.76. The van der Waals surface area contributed by atoms with E-state index < -0.39 is 0 Å². The Morgan fingerprint density at radius 2 is 2.06 bits per heavy atom. The van der Waals surface area contributed by atoms with Gasteiger partial charge < -0.3 is 20.3 Å². The lowest BCUT2D eigenvalue weighted by molar-refractivity contribution is 0.279. The molecule has 0 radical (unpaired) electrons. The predicted molar refractivity (Wildman–Crippen MR) is 67.5 cm³/mol. The summed E-state index contributed by atoms with van der Waals surface area (Å²) in [7, 11) is 3.26. The highest BCUT2D eigenvalue weighted by molar-refractivity contribution is 5.41. The molecule has 0 aromatic heterocycles. The van der Waals surface area contributed by atoms with Crippen LogP contribution in [0.5, 0.6) is 11.5 Å². The molecule has 1 aromatic carbocycles. The summed E-state index contributed by atoms with van der Waals surface area (Å²) in [4.78, 5) is 0. The fourth-order valence-corrected chi connectivity index (χ4v) is 1.76. The van der Waals surface area contributed by atoms with E-state index in [4.69, 9.17) is 20.3 Å². The molecule has 0 spiro atoms. The van der Waals surface area contributed by atoms with Crippen LogP contribution in [0.1, 0.15) is 18.4 Å². The van der Waals surface area contributed by atoms with Crippen LogP contribution in [0.3, 0.4) is 0 Å². The van der Waals surface area contributed by atoms with E-state index >= 15 is 0 Å². The van der Waals surface area contributed by atoms with E-state index in [-0.39, 0.29) is 12.6 Å². The Balaban J connectivity index is 2.69. The monoisotopic (exact) mass is 239 g/mol. The smallest absolute Gasteiger partial charge is 0.125 e. The van der Waals surface area contributed by atoms with E-state index in [1.165, 1.54) is 0 Å². The van der Waals surface area contributed by atoms with Gasteiger partial charge in [0.05, 0.1) is 14.2 Å². The van der Waals surface area contributed by atoms with Crippen LogP contribution in [-0.4, -0.2) is 32.0 Å². The van der Waals surface area contributed by atoms with Gasteiger partial charge in [0.15, 0.2) is 0 Å². The number of aliphatic hydroxyl groups excluding tert-OH is 1. The molecule has 0 bridgehead atoms. The molecule has 0 saturated heterocycles. The van der Waals surface area contributed by atoms with Crippen molar-refractivity contribution in [3.63, 3.8) is 0 Å².